The Morgan fingerprint density at radius 1 is 1.33 bits per heavy atom. The molecule has 0 radical (unpaired) electrons. The summed E-state index contributed by atoms with van der Waals surface area (Å²) in [6, 6.07) is 3.14. The maximum Gasteiger partial charge on any atom is 0.270 e. The normalized spacial score (nSPS) is 12.0. The van der Waals surface area contributed by atoms with Crippen LogP contribution in [0.25, 0.3) is 0 Å². The van der Waals surface area contributed by atoms with Crippen LogP contribution in [0.3, 0.4) is 0 Å². The van der Waals surface area contributed by atoms with Crippen molar-refractivity contribution in [2.75, 3.05) is 0 Å². The van der Waals surface area contributed by atoms with Crippen LogP contribution in [-0.2, 0) is 9.05 Å². The monoisotopic (exact) mass is 262 g/mol. The molecule has 0 aliphatic heterocycles. The molecule has 1 rings (SSSR count). The average Bonchev–Trinajstić information content (AvgIpc) is 2.45. The van der Waals surface area contributed by atoms with Crippen molar-refractivity contribution < 1.29 is 8.42 Å². The van der Waals surface area contributed by atoms with Gasteiger partial charge >= 0.3 is 0 Å². The predicted molar refractivity (Wildman–Crippen MR) is 63.7 cm³/mol. The van der Waals surface area contributed by atoms with Crippen LogP contribution in [0.2, 0.25) is 0 Å². The molecule has 0 spiro atoms. The van der Waals surface area contributed by atoms with Crippen LogP contribution in [-0.4, -0.2) is 8.42 Å². The minimum atomic E-state index is -3.61. The van der Waals surface area contributed by atoms with Gasteiger partial charge in [0.1, 0.15) is 4.21 Å². The van der Waals surface area contributed by atoms with Crippen LogP contribution in [0.1, 0.15) is 25.6 Å². The van der Waals surface area contributed by atoms with Crippen molar-refractivity contribution >= 4 is 31.1 Å². The summed E-state index contributed by atoms with van der Waals surface area (Å²) >= 11 is 1.09. The SMILES string of the molecule is CC(C)(C)C#Cc1ccc(S(=O)(=O)Cl)s1. The van der Waals surface area contributed by atoms with E-state index in [-0.39, 0.29) is 9.62 Å². The van der Waals surface area contributed by atoms with E-state index in [1.165, 1.54) is 6.07 Å². The van der Waals surface area contributed by atoms with Gasteiger partial charge in [-0.05, 0) is 32.9 Å². The second-order valence-corrected chi connectivity index (χ2v) is 7.93. The molecule has 0 fully saturated rings. The Balaban J connectivity index is 3.00. The lowest BCUT2D eigenvalue weighted by atomic mass is 9.98. The van der Waals surface area contributed by atoms with E-state index in [0.29, 0.717) is 4.88 Å². The highest BCUT2D eigenvalue weighted by Gasteiger charge is 2.12. The Hall–Kier alpha value is -0.500. The molecule has 0 bridgehead atoms. The molecular formula is C10H11ClO2S2. The molecule has 0 N–H and O–H groups in total. The quantitative estimate of drug-likeness (QED) is 0.576. The van der Waals surface area contributed by atoms with Gasteiger partial charge in [0.15, 0.2) is 0 Å². The first-order chi connectivity index (χ1) is 6.68. The standard InChI is InChI=1S/C10H11ClO2S2/c1-10(2,3)7-6-8-4-5-9(14-8)15(11,12)13/h4-5H,1-3H3. The van der Waals surface area contributed by atoms with Crippen molar-refractivity contribution in [2.45, 2.75) is 25.0 Å². The lowest BCUT2D eigenvalue weighted by Gasteiger charge is -2.06. The summed E-state index contributed by atoms with van der Waals surface area (Å²) in [5.41, 5.74) is -0.0933. The van der Waals surface area contributed by atoms with E-state index < -0.39 is 9.05 Å². The number of hydrogen-bond donors (Lipinski definition) is 0. The van der Waals surface area contributed by atoms with Crippen LogP contribution in [0.4, 0.5) is 0 Å². The molecule has 82 valence electrons. The smallest absolute Gasteiger partial charge is 0.206 e. The third-order valence-electron chi connectivity index (χ3n) is 1.38. The van der Waals surface area contributed by atoms with Crippen LogP contribution >= 0.6 is 22.0 Å². The van der Waals surface area contributed by atoms with E-state index in [9.17, 15) is 8.42 Å². The van der Waals surface area contributed by atoms with E-state index in [1.54, 1.807) is 6.07 Å². The molecule has 0 atom stereocenters. The molecule has 0 aliphatic rings. The summed E-state index contributed by atoms with van der Waals surface area (Å²) in [6.45, 7) is 5.98. The van der Waals surface area contributed by atoms with Crippen molar-refractivity contribution in [3.63, 3.8) is 0 Å². The van der Waals surface area contributed by atoms with Crippen molar-refractivity contribution in [3.05, 3.63) is 17.0 Å². The summed E-state index contributed by atoms with van der Waals surface area (Å²) in [5.74, 6) is 5.95. The molecule has 0 aliphatic carbocycles. The third-order valence-corrected chi connectivity index (χ3v) is 4.48. The highest BCUT2D eigenvalue weighted by Crippen LogP contribution is 2.24. The fourth-order valence-corrected chi connectivity index (χ4v) is 2.69. The second-order valence-electron chi connectivity index (χ2n) is 4.06. The maximum absolute atomic E-state index is 11.0. The van der Waals surface area contributed by atoms with Crippen LogP contribution < -0.4 is 0 Å². The second kappa shape index (κ2) is 4.17. The molecule has 0 aromatic carbocycles. The van der Waals surface area contributed by atoms with Crippen LogP contribution in [0.15, 0.2) is 16.3 Å². The molecule has 1 heterocycles. The summed E-state index contributed by atoms with van der Waals surface area (Å²) in [4.78, 5) is 0.712. The molecular weight excluding hydrogens is 252 g/mol. The van der Waals surface area contributed by atoms with E-state index in [0.717, 1.165) is 11.3 Å². The minimum Gasteiger partial charge on any atom is -0.206 e. The fourth-order valence-electron chi connectivity index (χ4n) is 0.767. The number of thiophene rings is 1. The van der Waals surface area contributed by atoms with Crippen molar-refractivity contribution in [1.29, 1.82) is 0 Å². The van der Waals surface area contributed by atoms with Gasteiger partial charge in [-0.2, -0.15) is 0 Å². The molecule has 1 aromatic heterocycles. The summed E-state index contributed by atoms with van der Waals surface area (Å²) in [7, 11) is 1.58. The van der Waals surface area contributed by atoms with Gasteiger partial charge in [0.2, 0.25) is 0 Å². The largest absolute Gasteiger partial charge is 0.270 e. The Labute approximate surface area is 98.7 Å². The molecule has 5 heteroatoms. The first kappa shape index (κ1) is 12.6. The van der Waals surface area contributed by atoms with Crippen molar-refractivity contribution in [1.82, 2.24) is 0 Å². The Morgan fingerprint density at radius 2 is 1.93 bits per heavy atom. The van der Waals surface area contributed by atoms with Gasteiger partial charge in [-0.15, -0.1) is 11.3 Å². The summed E-state index contributed by atoms with van der Waals surface area (Å²) in [5, 5.41) is 0. The van der Waals surface area contributed by atoms with E-state index in [2.05, 4.69) is 11.8 Å². The predicted octanol–water partition coefficient (Wildman–Crippen LogP) is 3.07. The zero-order valence-corrected chi connectivity index (χ0v) is 11.1. The fraction of sp³-hybridized carbons (Fsp3) is 0.400. The molecule has 0 saturated carbocycles. The summed E-state index contributed by atoms with van der Waals surface area (Å²) < 4.78 is 22.1. The number of halogens is 1. The van der Waals surface area contributed by atoms with E-state index >= 15 is 0 Å². The van der Waals surface area contributed by atoms with Gasteiger partial charge < -0.3 is 0 Å². The van der Waals surface area contributed by atoms with Crippen molar-refractivity contribution in [3.8, 4) is 11.8 Å². The Kier molecular flexibility index (Phi) is 3.49. The molecule has 15 heavy (non-hydrogen) atoms. The Bertz CT molecular complexity index is 510. The molecule has 0 unspecified atom stereocenters. The van der Waals surface area contributed by atoms with Gasteiger partial charge in [0.25, 0.3) is 9.05 Å². The lowest BCUT2D eigenvalue weighted by molar-refractivity contribution is 0.571. The summed E-state index contributed by atoms with van der Waals surface area (Å²) in [6.07, 6.45) is 0. The van der Waals surface area contributed by atoms with Gasteiger partial charge in [-0.1, -0.05) is 11.8 Å². The number of hydrogen-bond acceptors (Lipinski definition) is 3. The topological polar surface area (TPSA) is 34.1 Å². The number of rotatable bonds is 1. The minimum absolute atomic E-state index is 0.0933. The van der Waals surface area contributed by atoms with Gasteiger partial charge in [-0.25, -0.2) is 8.42 Å². The Morgan fingerprint density at radius 3 is 2.33 bits per heavy atom. The molecule has 0 amide bonds. The highest BCUT2D eigenvalue weighted by atomic mass is 35.7. The molecule has 1 aromatic rings. The van der Waals surface area contributed by atoms with Crippen molar-refractivity contribution in [2.24, 2.45) is 5.41 Å². The van der Waals surface area contributed by atoms with E-state index in [1.807, 2.05) is 20.8 Å². The maximum atomic E-state index is 11.0. The average molecular weight is 263 g/mol. The zero-order chi connectivity index (χ0) is 11.7. The zero-order valence-electron chi connectivity index (χ0n) is 8.67. The van der Waals surface area contributed by atoms with E-state index in [4.69, 9.17) is 10.7 Å². The molecule has 0 saturated heterocycles. The van der Waals surface area contributed by atoms with Gasteiger partial charge in [-0.3, -0.25) is 0 Å². The molecule has 2 nitrogen and oxygen atoms in total. The first-order valence-corrected chi connectivity index (χ1v) is 7.39. The lowest BCUT2D eigenvalue weighted by Crippen LogP contribution is -1.98. The van der Waals surface area contributed by atoms with Crippen LogP contribution in [0.5, 0.6) is 0 Å². The van der Waals surface area contributed by atoms with Gasteiger partial charge in [0.05, 0.1) is 4.88 Å². The first-order valence-electron chi connectivity index (χ1n) is 4.26. The van der Waals surface area contributed by atoms with Crippen LogP contribution in [0, 0.1) is 17.3 Å². The van der Waals surface area contributed by atoms with Gasteiger partial charge in [0, 0.05) is 16.1 Å². The third kappa shape index (κ3) is 4.25. The highest BCUT2D eigenvalue weighted by molar-refractivity contribution is 8.15.